The number of benzene rings is 2. The molecule has 2 N–H and O–H groups in total. The number of carbonyl (C=O) groups is 5. The third kappa shape index (κ3) is 6.28. The third-order valence-corrected chi connectivity index (χ3v) is 9.80. The van der Waals surface area contributed by atoms with E-state index in [4.69, 9.17) is 4.98 Å². The summed E-state index contributed by atoms with van der Waals surface area (Å²) in [5, 5.41) is 10.1. The molecule has 0 aliphatic carbocycles. The van der Waals surface area contributed by atoms with Gasteiger partial charge in [0.25, 0.3) is 11.8 Å². The fourth-order valence-corrected chi connectivity index (χ4v) is 6.98. The van der Waals surface area contributed by atoms with Crippen LogP contribution in [0.1, 0.15) is 79.1 Å². The van der Waals surface area contributed by atoms with Gasteiger partial charge in [0, 0.05) is 48.9 Å². The normalized spacial score (nSPS) is 18.6. The lowest BCUT2D eigenvalue weighted by Crippen LogP contribution is -2.54. The average molecular weight is 663 g/mol. The molecule has 3 aliphatic heterocycles. The van der Waals surface area contributed by atoms with Crippen molar-refractivity contribution in [3.8, 4) is 11.3 Å². The molecule has 1 unspecified atom stereocenters. The molecule has 252 valence electrons. The lowest BCUT2D eigenvalue weighted by atomic mass is 9.85. The van der Waals surface area contributed by atoms with E-state index in [2.05, 4.69) is 20.7 Å². The fraction of sp³-hybridized carbons (Fsp3) is 0.389. The van der Waals surface area contributed by atoms with Crippen LogP contribution in [0, 0.1) is 5.41 Å². The van der Waals surface area contributed by atoms with Crippen molar-refractivity contribution in [2.24, 2.45) is 5.41 Å². The zero-order valence-corrected chi connectivity index (χ0v) is 27.5. The molecule has 2 aromatic carbocycles. The lowest BCUT2D eigenvalue weighted by Gasteiger charge is -2.37. The number of aromatic nitrogens is 4. The van der Waals surface area contributed by atoms with Crippen molar-refractivity contribution in [3.63, 3.8) is 0 Å². The number of likely N-dealkylation sites (tertiary alicyclic amines) is 1. The molecule has 13 heteroatoms. The number of carbonyl (C=O) groups excluding carboxylic acids is 5. The van der Waals surface area contributed by atoms with Crippen molar-refractivity contribution >= 4 is 46.3 Å². The number of anilines is 1. The summed E-state index contributed by atoms with van der Waals surface area (Å²) in [4.78, 5) is 75.7. The molecular formula is C36H38N8O5. The Balaban J connectivity index is 0.888. The minimum absolute atomic E-state index is 0.0729. The van der Waals surface area contributed by atoms with E-state index in [-0.39, 0.29) is 35.9 Å². The van der Waals surface area contributed by atoms with E-state index in [9.17, 15) is 24.0 Å². The second-order valence-electron chi connectivity index (χ2n) is 13.6. The molecule has 1 atom stereocenters. The molecule has 0 spiro atoms. The van der Waals surface area contributed by atoms with Gasteiger partial charge in [0.15, 0.2) is 0 Å². The highest BCUT2D eigenvalue weighted by Gasteiger charge is 2.44. The molecule has 3 aliphatic rings. The Hall–Kier alpha value is -5.46. The van der Waals surface area contributed by atoms with Gasteiger partial charge in [-0.2, -0.15) is 5.10 Å². The zero-order valence-electron chi connectivity index (χ0n) is 27.5. The van der Waals surface area contributed by atoms with Crippen LogP contribution in [0.5, 0.6) is 0 Å². The van der Waals surface area contributed by atoms with Crippen LogP contribution >= 0.6 is 0 Å². The first-order chi connectivity index (χ1) is 23.6. The Kier molecular flexibility index (Phi) is 8.43. The van der Waals surface area contributed by atoms with Gasteiger partial charge < -0.3 is 10.2 Å². The van der Waals surface area contributed by atoms with Crippen molar-refractivity contribution in [3.05, 3.63) is 72.2 Å². The molecule has 0 radical (unpaired) electrons. The van der Waals surface area contributed by atoms with Crippen molar-refractivity contribution in [2.75, 3.05) is 25.0 Å². The zero-order chi connectivity index (χ0) is 34.3. The van der Waals surface area contributed by atoms with E-state index < -0.39 is 35.1 Å². The summed E-state index contributed by atoms with van der Waals surface area (Å²) in [6, 6.07) is 11.9. The number of nitrogens with zero attached hydrogens (tertiary/aromatic N) is 6. The maximum Gasteiger partial charge on any atom is 0.262 e. The standard InChI is InChI=1S/C36H38N8O5/c1-36(2,14-5-15-37-23-8-9-25-26(18-23)34(48)44(33(25)47)30-10-11-31(45)41-32(30)46)35(49)42-16-12-24(13-17-42)43-21-22(19-39-43)29-20-38-27-6-3-4-7-28(27)40-29/h3-4,6-9,18-21,24,30,37H,5,10-17H2,1-2H3,(H,41,45,46). The van der Waals surface area contributed by atoms with Crippen LogP contribution in [0.15, 0.2) is 61.1 Å². The van der Waals surface area contributed by atoms with Crippen molar-refractivity contribution in [1.82, 2.24) is 34.9 Å². The Morgan fingerprint density at radius 2 is 1.71 bits per heavy atom. The minimum atomic E-state index is -0.998. The van der Waals surface area contributed by atoms with Gasteiger partial charge in [-0.25, -0.2) is 4.98 Å². The van der Waals surface area contributed by atoms with Crippen molar-refractivity contribution in [1.29, 1.82) is 0 Å². The van der Waals surface area contributed by atoms with Gasteiger partial charge in [0.1, 0.15) is 6.04 Å². The molecule has 5 amide bonds. The Morgan fingerprint density at radius 1 is 0.959 bits per heavy atom. The van der Waals surface area contributed by atoms with Crippen LogP contribution in [-0.4, -0.2) is 84.8 Å². The first-order valence-electron chi connectivity index (χ1n) is 16.7. The van der Waals surface area contributed by atoms with Gasteiger partial charge in [0.2, 0.25) is 17.7 Å². The summed E-state index contributed by atoms with van der Waals surface area (Å²) >= 11 is 0. The summed E-state index contributed by atoms with van der Waals surface area (Å²) in [7, 11) is 0. The third-order valence-electron chi connectivity index (χ3n) is 9.80. The quantitative estimate of drug-likeness (QED) is 0.200. The second kappa shape index (κ2) is 12.9. The molecule has 4 aromatic rings. The van der Waals surface area contributed by atoms with Gasteiger partial charge in [-0.3, -0.25) is 43.9 Å². The van der Waals surface area contributed by atoms with Crippen LogP contribution in [0.2, 0.25) is 0 Å². The number of hydrogen-bond acceptors (Lipinski definition) is 9. The number of piperidine rings is 2. The molecule has 2 aromatic heterocycles. The highest BCUT2D eigenvalue weighted by atomic mass is 16.2. The van der Waals surface area contributed by atoms with E-state index in [1.54, 1.807) is 24.4 Å². The molecule has 0 bridgehead atoms. The smallest absolute Gasteiger partial charge is 0.262 e. The summed E-state index contributed by atoms with van der Waals surface area (Å²) in [6.07, 6.45) is 8.81. The van der Waals surface area contributed by atoms with Gasteiger partial charge in [0.05, 0.1) is 46.3 Å². The monoisotopic (exact) mass is 662 g/mol. The highest BCUT2D eigenvalue weighted by molar-refractivity contribution is 6.23. The maximum atomic E-state index is 13.6. The molecule has 49 heavy (non-hydrogen) atoms. The topological polar surface area (TPSA) is 159 Å². The summed E-state index contributed by atoms with van der Waals surface area (Å²) in [5.74, 6) is -1.98. The fourth-order valence-electron chi connectivity index (χ4n) is 6.98. The molecule has 13 nitrogen and oxygen atoms in total. The van der Waals surface area contributed by atoms with E-state index in [1.807, 2.05) is 60.1 Å². The first-order valence-corrected chi connectivity index (χ1v) is 16.7. The Morgan fingerprint density at radius 3 is 2.49 bits per heavy atom. The van der Waals surface area contributed by atoms with Crippen LogP contribution in [0.4, 0.5) is 5.69 Å². The van der Waals surface area contributed by atoms with Gasteiger partial charge >= 0.3 is 0 Å². The number of hydrogen-bond donors (Lipinski definition) is 2. The summed E-state index contributed by atoms with van der Waals surface area (Å²) in [5.41, 5.74) is 3.99. The van der Waals surface area contributed by atoms with E-state index in [0.717, 1.165) is 46.5 Å². The first kappa shape index (κ1) is 32.1. The number of amides is 5. The summed E-state index contributed by atoms with van der Waals surface area (Å²) < 4.78 is 1.99. The van der Waals surface area contributed by atoms with Gasteiger partial charge in [-0.05, 0) is 62.4 Å². The number of rotatable bonds is 9. The number of nitrogens with one attached hydrogen (secondary N) is 2. The molecule has 2 saturated heterocycles. The molecule has 0 saturated carbocycles. The van der Waals surface area contributed by atoms with Crippen LogP contribution in [-0.2, 0) is 14.4 Å². The SMILES string of the molecule is CC(C)(CCCNc1ccc2c(c1)C(=O)N(C1CCC(=O)NC1=O)C2=O)C(=O)N1CCC(n2cc(-c3cnc4ccccc4n3)cn2)CC1. The molecule has 7 rings (SSSR count). The number of imide groups is 2. The average Bonchev–Trinajstić information content (AvgIpc) is 3.69. The lowest BCUT2D eigenvalue weighted by molar-refractivity contribution is -0.142. The maximum absolute atomic E-state index is 13.6. The second-order valence-corrected chi connectivity index (χ2v) is 13.6. The van der Waals surface area contributed by atoms with Gasteiger partial charge in [-0.15, -0.1) is 0 Å². The Labute approximate surface area is 283 Å². The highest BCUT2D eigenvalue weighted by Crippen LogP contribution is 2.32. The number of fused-ring (bicyclic) bond motifs is 2. The van der Waals surface area contributed by atoms with Crippen LogP contribution in [0.3, 0.4) is 0 Å². The van der Waals surface area contributed by atoms with Crippen molar-refractivity contribution < 1.29 is 24.0 Å². The molecular weight excluding hydrogens is 624 g/mol. The van der Waals surface area contributed by atoms with E-state index >= 15 is 0 Å². The van der Waals surface area contributed by atoms with E-state index in [0.29, 0.717) is 31.7 Å². The Bertz CT molecular complexity index is 1980. The molecule has 2 fully saturated rings. The van der Waals surface area contributed by atoms with Crippen LogP contribution in [0.25, 0.3) is 22.3 Å². The van der Waals surface area contributed by atoms with Crippen LogP contribution < -0.4 is 10.6 Å². The predicted molar refractivity (Wildman–Crippen MR) is 180 cm³/mol. The number of para-hydroxylation sites is 2. The largest absolute Gasteiger partial charge is 0.385 e. The van der Waals surface area contributed by atoms with Crippen molar-refractivity contribution in [2.45, 2.75) is 64.5 Å². The molecule has 5 heterocycles. The minimum Gasteiger partial charge on any atom is -0.385 e. The predicted octanol–water partition coefficient (Wildman–Crippen LogP) is 3.98. The van der Waals surface area contributed by atoms with Gasteiger partial charge in [-0.1, -0.05) is 26.0 Å². The summed E-state index contributed by atoms with van der Waals surface area (Å²) in [6.45, 7) is 5.85. The van der Waals surface area contributed by atoms with E-state index in [1.165, 1.54) is 0 Å².